The summed E-state index contributed by atoms with van der Waals surface area (Å²) >= 11 is 0. The summed E-state index contributed by atoms with van der Waals surface area (Å²) in [5.74, 6) is 0. The van der Waals surface area contributed by atoms with Crippen molar-refractivity contribution in [3.63, 3.8) is 0 Å². The van der Waals surface area contributed by atoms with Gasteiger partial charge in [-0.2, -0.15) is 0 Å². The summed E-state index contributed by atoms with van der Waals surface area (Å²) in [6.45, 7) is 13.8. The first-order chi connectivity index (χ1) is 8.19. The van der Waals surface area contributed by atoms with Crippen LogP contribution in [-0.4, -0.2) is 48.7 Å². The molecule has 0 amide bonds. The third-order valence-corrected chi connectivity index (χ3v) is 4.81. The molecule has 1 aromatic carbocycles. The van der Waals surface area contributed by atoms with Crippen LogP contribution in [0, 0.1) is 13.8 Å². The summed E-state index contributed by atoms with van der Waals surface area (Å²) in [7, 11) is 0. The van der Waals surface area contributed by atoms with Crippen LogP contribution >= 0.6 is 0 Å². The Balaban J connectivity index is 0.00000120. The number of piperazine rings is 3. The van der Waals surface area contributed by atoms with Crippen LogP contribution in [0.1, 0.15) is 16.7 Å². The van der Waals surface area contributed by atoms with Gasteiger partial charge in [-0.3, -0.25) is 4.90 Å². The van der Waals surface area contributed by atoms with E-state index in [1.165, 1.54) is 61.4 Å². The van der Waals surface area contributed by atoms with E-state index < -0.39 is 0 Å². The zero-order chi connectivity index (χ0) is 11.9. The molecule has 3 fully saturated rings. The minimum atomic E-state index is 0. The Labute approximate surface area is 121 Å². The average Bonchev–Trinajstić information content (AvgIpc) is 2.36. The summed E-state index contributed by atoms with van der Waals surface area (Å²) in [5.41, 5.74) is 4.55. The number of fused-ring (bicyclic) bond motifs is 3. The van der Waals surface area contributed by atoms with Crippen molar-refractivity contribution in [2.75, 3.05) is 39.3 Å². The van der Waals surface area contributed by atoms with Crippen LogP contribution in [0.15, 0.2) is 18.2 Å². The zero-order valence-electron chi connectivity index (χ0n) is 11.5. The minimum absolute atomic E-state index is 0. The smallest absolute Gasteiger partial charge is 0.105 e. The lowest BCUT2D eigenvalue weighted by Gasteiger charge is -2.50. The van der Waals surface area contributed by atoms with E-state index in [1.54, 1.807) is 5.56 Å². The zero-order valence-corrected chi connectivity index (χ0v) is 13.0. The summed E-state index contributed by atoms with van der Waals surface area (Å²) in [6.07, 6.45) is 0. The number of benzene rings is 1. The largest absolute Gasteiger partial charge is 1.00 e. The van der Waals surface area contributed by atoms with Gasteiger partial charge in [0.15, 0.2) is 0 Å². The molecule has 0 unspecified atom stereocenters. The summed E-state index contributed by atoms with van der Waals surface area (Å²) in [6, 6.07) is 6.71. The molecule has 2 nitrogen and oxygen atoms in total. The molecule has 1 aromatic rings. The Morgan fingerprint density at radius 3 is 2.00 bits per heavy atom. The van der Waals surface area contributed by atoms with Crippen molar-refractivity contribution >= 4 is 0 Å². The summed E-state index contributed by atoms with van der Waals surface area (Å²) in [5, 5.41) is 0. The SMILES string of the molecule is Cc1cccc(C)c1C[N+]12CCN(CC1)CC2.[Br-]. The fourth-order valence-corrected chi connectivity index (χ4v) is 3.40. The molecule has 0 atom stereocenters. The molecule has 2 bridgehead atoms. The molecule has 0 N–H and O–H groups in total. The van der Waals surface area contributed by atoms with Gasteiger partial charge in [0.1, 0.15) is 6.54 Å². The van der Waals surface area contributed by atoms with Crippen LogP contribution in [0.25, 0.3) is 0 Å². The molecule has 0 aromatic heterocycles. The molecule has 0 spiro atoms. The minimum Gasteiger partial charge on any atom is -1.00 e. The Bertz CT molecular complexity index is 388. The Hall–Kier alpha value is -0.380. The first-order valence-corrected chi connectivity index (χ1v) is 6.81. The second kappa shape index (κ2) is 5.32. The molecule has 3 aliphatic rings. The van der Waals surface area contributed by atoms with Crippen molar-refractivity contribution in [3.05, 3.63) is 34.9 Å². The third kappa shape index (κ3) is 2.49. The molecule has 0 saturated carbocycles. The van der Waals surface area contributed by atoms with E-state index >= 15 is 0 Å². The van der Waals surface area contributed by atoms with E-state index in [0.29, 0.717) is 0 Å². The number of aryl methyl sites for hydroxylation is 2. The monoisotopic (exact) mass is 310 g/mol. The van der Waals surface area contributed by atoms with E-state index in [-0.39, 0.29) is 17.0 Å². The number of quaternary nitrogens is 1. The highest BCUT2D eigenvalue weighted by Gasteiger charge is 2.38. The topological polar surface area (TPSA) is 3.24 Å². The molecule has 3 heterocycles. The maximum atomic E-state index is 2.62. The van der Waals surface area contributed by atoms with Crippen LogP contribution < -0.4 is 17.0 Å². The van der Waals surface area contributed by atoms with Crippen molar-refractivity contribution in [1.29, 1.82) is 0 Å². The average molecular weight is 311 g/mol. The van der Waals surface area contributed by atoms with E-state index in [1.807, 2.05) is 0 Å². The van der Waals surface area contributed by atoms with Gasteiger partial charge in [-0.15, -0.1) is 0 Å². The molecule has 3 aliphatic heterocycles. The van der Waals surface area contributed by atoms with Gasteiger partial charge in [-0.05, 0) is 25.0 Å². The molecule has 18 heavy (non-hydrogen) atoms. The van der Waals surface area contributed by atoms with Crippen LogP contribution in [0.2, 0.25) is 0 Å². The fourth-order valence-electron chi connectivity index (χ4n) is 3.40. The van der Waals surface area contributed by atoms with Gasteiger partial charge >= 0.3 is 0 Å². The van der Waals surface area contributed by atoms with Gasteiger partial charge in [0.05, 0.1) is 19.6 Å². The second-order valence-corrected chi connectivity index (χ2v) is 5.88. The van der Waals surface area contributed by atoms with Crippen molar-refractivity contribution < 1.29 is 21.5 Å². The van der Waals surface area contributed by atoms with Gasteiger partial charge in [-0.25, -0.2) is 0 Å². The maximum absolute atomic E-state index is 2.62. The quantitative estimate of drug-likeness (QED) is 0.631. The normalized spacial score (nSPS) is 30.0. The highest BCUT2D eigenvalue weighted by Crippen LogP contribution is 2.26. The number of halogens is 1. The molecule has 0 radical (unpaired) electrons. The standard InChI is InChI=1S/C15H23N2.BrH/c1-13-4-3-5-14(2)15(13)12-17-9-6-16(7-10-17)8-11-17;/h3-5H,6-12H2,1-2H3;1H/q+1;/p-1. The summed E-state index contributed by atoms with van der Waals surface area (Å²) in [4.78, 5) is 2.62. The molecule has 4 rings (SSSR count). The van der Waals surface area contributed by atoms with Crippen molar-refractivity contribution in [3.8, 4) is 0 Å². The van der Waals surface area contributed by atoms with Gasteiger partial charge in [0.2, 0.25) is 0 Å². The van der Waals surface area contributed by atoms with Crippen molar-refractivity contribution in [2.45, 2.75) is 20.4 Å². The van der Waals surface area contributed by atoms with Crippen LogP contribution in [0.3, 0.4) is 0 Å². The van der Waals surface area contributed by atoms with Gasteiger partial charge < -0.3 is 21.5 Å². The van der Waals surface area contributed by atoms with Crippen LogP contribution in [-0.2, 0) is 6.54 Å². The highest BCUT2D eigenvalue weighted by atomic mass is 79.9. The Morgan fingerprint density at radius 1 is 1.00 bits per heavy atom. The lowest BCUT2D eigenvalue weighted by atomic mass is 9.99. The van der Waals surface area contributed by atoms with E-state index in [2.05, 4.69) is 36.9 Å². The van der Waals surface area contributed by atoms with Crippen LogP contribution in [0.5, 0.6) is 0 Å². The first-order valence-electron chi connectivity index (χ1n) is 6.81. The lowest BCUT2D eigenvalue weighted by Crippen LogP contribution is -3.00. The van der Waals surface area contributed by atoms with Gasteiger partial charge in [0.25, 0.3) is 0 Å². The number of hydrogen-bond donors (Lipinski definition) is 0. The third-order valence-electron chi connectivity index (χ3n) is 4.81. The predicted octanol–water partition coefficient (Wildman–Crippen LogP) is -1.05. The highest BCUT2D eigenvalue weighted by molar-refractivity contribution is 5.32. The van der Waals surface area contributed by atoms with Gasteiger partial charge in [0, 0.05) is 25.2 Å². The number of hydrogen-bond acceptors (Lipinski definition) is 1. The summed E-state index contributed by atoms with van der Waals surface area (Å²) < 4.78 is 1.34. The van der Waals surface area contributed by atoms with Crippen molar-refractivity contribution in [1.82, 2.24) is 4.90 Å². The molecule has 100 valence electrons. The fraction of sp³-hybridized carbons (Fsp3) is 0.600. The number of nitrogens with zero attached hydrogens (tertiary/aromatic N) is 2. The predicted molar refractivity (Wildman–Crippen MR) is 70.9 cm³/mol. The second-order valence-electron chi connectivity index (χ2n) is 5.88. The lowest BCUT2D eigenvalue weighted by molar-refractivity contribution is -0.953. The van der Waals surface area contributed by atoms with Gasteiger partial charge in [-0.1, -0.05) is 18.2 Å². The van der Waals surface area contributed by atoms with E-state index in [9.17, 15) is 0 Å². The van der Waals surface area contributed by atoms with Crippen LogP contribution in [0.4, 0.5) is 0 Å². The molecule has 3 saturated heterocycles. The first kappa shape index (κ1) is 14.0. The maximum Gasteiger partial charge on any atom is 0.105 e. The Kier molecular flexibility index (Phi) is 4.15. The molecule has 3 heteroatoms. The van der Waals surface area contributed by atoms with E-state index in [4.69, 9.17) is 0 Å². The van der Waals surface area contributed by atoms with E-state index in [0.717, 1.165) is 0 Å². The molecular weight excluding hydrogens is 288 g/mol. The molecular formula is C15H23BrN2. The number of rotatable bonds is 2. The molecule has 0 aliphatic carbocycles. The Morgan fingerprint density at radius 2 is 1.50 bits per heavy atom. The van der Waals surface area contributed by atoms with Crippen molar-refractivity contribution in [2.24, 2.45) is 0 Å².